The molecule has 0 bridgehead atoms. The van der Waals surface area contributed by atoms with Gasteiger partial charge in [-0.3, -0.25) is 9.59 Å². The lowest BCUT2D eigenvalue weighted by Gasteiger charge is -2.31. The first-order valence-corrected chi connectivity index (χ1v) is 8.20. The Balaban J connectivity index is 1.93. The van der Waals surface area contributed by atoms with Crippen molar-refractivity contribution in [1.29, 1.82) is 0 Å². The molecule has 1 saturated heterocycles. The Labute approximate surface area is 136 Å². The largest absolute Gasteiger partial charge is 0.349 e. The number of hydrogen-bond donors (Lipinski definition) is 1. The fourth-order valence-corrected chi connectivity index (χ4v) is 2.99. The van der Waals surface area contributed by atoms with Crippen molar-refractivity contribution in [2.75, 3.05) is 13.1 Å². The van der Waals surface area contributed by atoms with Gasteiger partial charge in [-0.15, -0.1) is 0 Å². The molecule has 22 heavy (non-hydrogen) atoms. The van der Waals surface area contributed by atoms with Crippen LogP contribution < -0.4 is 5.32 Å². The van der Waals surface area contributed by atoms with Crippen molar-refractivity contribution in [2.45, 2.75) is 39.2 Å². The van der Waals surface area contributed by atoms with Crippen LogP contribution in [-0.4, -0.2) is 29.8 Å². The van der Waals surface area contributed by atoms with Gasteiger partial charge < -0.3 is 10.2 Å². The highest BCUT2D eigenvalue weighted by atomic mass is 35.5. The Hall–Kier alpha value is -1.55. The Kier molecular flexibility index (Phi) is 5.83. The lowest BCUT2D eigenvalue weighted by molar-refractivity contribution is -0.134. The quantitative estimate of drug-likeness (QED) is 0.925. The van der Waals surface area contributed by atoms with Crippen LogP contribution in [0.5, 0.6) is 0 Å². The molecule has 1 unspecified atom stereocenters. The van der Waals surface area contributed by atoms with Gasteiger partial charge in [-0.2, -0.15) is 0 Å². The van der Waals surface area contributed by atoms with Crippen LogP contribution in [0.25, 0.3) is 0 Å². The van der Waals surface area contributed by atoms with Crippen molar-refractivity contribution in [3.05, 3.63) is 34.9 Å². The minimum Gasteiger partial charge on any atom is -0.349 e. The topological polar surface area (TPSA) is 49.4 Å². The maximum atomic E-state index is 12.4. The molecule has 2 amide bonds. The fourth-order valence-electron chi connectivity index (χ4n) is 2.86. The normalized spacial score (nSPS) is 17.1. The van der Waals surface area contributed by atoms with E-state index >= 15 is 0 Å². The number of hydrogen-bond acceptors (Lipinski definition) is 2. The molecule has 1 aliphatic heterocycles. The number of benzene rings is 1. The van der Waals surface area contributed by atoms with Crippen molar-refractivity contribution in [1.82, 2.24) is 10.2 Å². The second kappa shape index (κ2) is 7.63. The van der Waals surface area contributed by atoms with Gasteiger partial charge in [0.05, 0.1) is 6.04 Å². The highest BCUT2D eigenvalue weighted by Crippen LogP contribution is 2.22. The molecular weight excluding hydrogens is 300 g/mol. The average Bonchev–Trinajstić information content (AvgIpc) is 2.53. The molecule has 1 aromatic rings. The van der Waals surface area contributed by atoms with Gasteiger partial charge in [-0.25, -0.2) is 0 Å². The average molecular weight is 323 g/mol. The van der Waals surface area contributed by atoms with E-state index in [4.69, 9.17) is 11.6 Å². The summed E-state index contributed by atoms with van der Waals surface area (Å²) in [4.78, 5) is 25.6. The van der Waals surface area contributed by atoms with E-state index in [0.29, 0.717) is 18.1 Å². The number of piperidine rings is 1. The number of likely N-dealkylation sites (tertiary alicyclic amines) is 1. The van der Waals surface area contributed by atoms with E-state index in [9.17, 15) is 9.59 Å². The molecule has 5 heteroatoms. The predicted octanol–water partition coefficient (Wildman–Crippen LogP) is 3.17. The van der Waals surface area contributed by atoms with E-state index in [2.05, 4.69) is 12.2 Å². The van der Waals surface area contributed by atoms with Crippen molar-refractivity contribution < 1.29 is 9.59 Å². The molecule has 1 fully saturated rings. The lowest BCUT2D eigenvalue weighted by Crippen LogP contribution is -2.43. The zero-order valence-electron chi connectivity index (χ0n) is 13.1. The molecule has 0 spiro atoms. The lowest BCUT2D eigenvalue weighted by atomic mass is 9.94. The first-order chi connectivity index (χ1) is 10.5. The summed E-state index contributed by atoms with van der Waals surface area (Å²) in [5.41, 5.74) is 1.07. The molecular formula is C17H23ClN2O2. The van der Waals surface area contributed by atoms with E-state index in [-0.39, 0.29) is 23.8 Å². The molecule has 4 nitrogen and oxygen atoms in total. The zero-order valence-corrected chi connectivity index (χ0v) is 13.9. The smallest absolute Gasteiger partial charge is 0.223 e. The van der Waals surface area contributed by atoms with Gasteiger partial charge in [0.15, 0.2) is 0 Å². The first-order valence-electron chi connectivity index (χ1n) is 7.82. The summed E-state index contributed by atoms with van der Waals surface area (Å²) < 4.78 is 0. The molecule has 0 radical (unpaired) electrons. The molecule has 1 N–H and O–H groups in total. The number of carbonyl (C=O) groups excluding carboxylic acids is 2. The standard InChI is InChI=1S/C17H23ClN2O2/c1-3-16(13-4-6-15(18)7-5-13)19-17(22)14-8-10-20(11-9-14)12(2)21/h4-7,14,16H,3,8-11H2,1-2H3,(H,19,22). The highest BCUT2D eigenvalue weighted by Gasteiger charge is 2.27. The third-order valence-corrected chi connectivity index (χ3v) is 4.56. The Morgan fingerprint density at radius 2 is 1.86 bits per heavy atom. The first kappa shape index (κ1) is 16.8. The number of nitrogens with one attached hydrogen (secondary N) is 1. The van der Waals surface area contributed by atoms with Crippen LogP contribution in [0, 0.1) is 5.92 Å². The number of nitrogens with zero attached hydrogens (tertiary/aromatic N) is 1. The van der Waals surface area contributed by atoms with E-state index in [1.807, 2.05) is 24.3 Å². The summed E-state index contributed by atoms with van der Waals surface area (Å²) in [6, 6.07) is 7.61. The Morgan fingerprint density at radius 1 is 1.27 bits per heavy atom. The second-order valence-electron chi connectivity index (χ2n) is 5.80. The van der Waals surface area contributed by atoms with E-state index in [1.165, 1.54) is 0 Å². The van der Waals surface area contributed by atoms with Gasteiger partial charge >= 0.3 is 0 Å². The Bertz CT molecular complexity index is 522. The van der Waals surface area contributed by atoms with Crippen molar-refractivity contribution in [2.24, 2.45) is 5.92 Å². The molecule has 0 aromatic heterocycles. The van der Waals surface area contributed by atoms with Gasteiger partial charge in [-0.1, -0.05) is 30.7 Å². The van der Waals surface area contributed by atoms with Crippen molar-refractivity contribution >= 4 is 23.4 Å². The summed E-state index contributed by atoms with van der Waals surface area (Å²) >= 11 is 5.91. The number of halogens is 1. The molecule has 1 heterocycles. The van der Waals surface area contributed by atoms with E-state index < -0.39 is 0 Å². The molecule has 1 atom stereocenters. The summed E-state index contributed by atoms with van der Waals surface area (Å²) in [6.45, 7) is 4.97. The Morgan fingerprint density at radius 3 is 2.36 bits per heavy atom. The third kappa shape index (κ3) is 4.23. The zero-order chi connectivity index (χ0) is 16.1. The monoisotopic (exact) mass is 322 g/mol. The SMILES string of the molecule is CCC(NC(=O)C1CCN(C(C)=O)CC1)c1ccc(Cl)cc1. The minimum atomic E-state index is -0.00282. The van der Waals surface area contributed by atoms with Crippen molar-refractivity contribution in [3.63, 3.8) is 0 Å². The maximum absolute atomic E-state index is 12.4. The van der Waals surface area contributed by atoms with Gasteiger partial charge in [0, 0.05) is 31.0 Å². The van der Waals surface area contributed by atoms with Gasteiger partial charge in [0.1, 0.15) is 0 Å². The van der Waals surface area contributed by atoms with E-state index in [0.717, 1.165) is 24.8 Å². The van der Waals surface area contributed by atoms with Gasteiger partial charge in [0.2, 0.25) is 11.8 Å². The minimum absolute atomic E-state index is 0.00282. The van der Waals surface area contributed by atoms with Crippen LogP contribution in [0.2, 0.25) is 5.02 Å². The van der Waals surface area contributed by atoms with Crippen LogP contribution in [-0.2, 0) is 9.59 Å². The molecule has 1 aromatic carbocycles. The van der Waals surface area contributed by atoms with E-state index in [1.54, 1.807) is 11.8 Å². The van der Waals surface area contributed by atoms with Crippen LogP contribution in [0.3, 0.4) is 0 Å². The molecule has 1 aliphatic rings. The summed E-state index contributed by atoms with van der Waals surface area (Å²) in [7, 11) is 0. The predicted molar refractivity (Wildman–Crippen MR) is 87.6 cm³/mol. The molecule has 120 valence electrons. The number of rotatable bonds is 4. The third-order valence-electron chi connectivity index (χ3n) is 4.31. The summed E-state index contributed by atoms with van der Waals surface area (Å²) in [6.07, 6.45) is 2.31. The maximum Gasteiger partial charge on any atom is 0.223 e. The molecule has 2 rings (SSSR count). The van der Waals surface area contributed by atoms with Crippen LogP contribution >= 0.6 is 11.6 Å². The second-order valence-corrected chi connectivity index (χ2v) is 6.24. The fraction of sp³-hybridized carbons (Fsp3) is 0.529. The van der Waals surface area contributed by atoms with Crippen LogP contribution in [0.4, 0.5) is 0 Å². The van der Waals surface area contributed by atoms with Crippen molar-refractivity contribution in [3.8, 4) is 0 Å². The van der Waals surface area contributed by atoms with Crippen LogP contribution in [0.15, 0.2) is 24.3 Å². The summed E-state index contributed by atoms with van der Waals surface area (Å²) in [5.74, 6) is 0.174. The molecule has 0 saturated carbocycles. The number of amides is 2. The van der Waals surface area contributed by atoms with Crippen LogP contribution in [0.1, 0.15) is 44.7 Å². The number of carbonyl (C=O) groups is 2. The summed E-state index contributed by atoms with van der Waals surface area (Å²) in [5, 5.41) is 3.83. The highest BCUT2D eigenvalue weighted by molar-refractivity contribution is 6.30. The molecule has 0 aliphatic carbocycles. The van der Waals surface area contributed by atoms with Gasteiger partial charge in [0.25, 0.3) is 0 Å². The van der Waals surface area contributed by atoms with Gasteiger partial charge in [-0.05, 0) is 37.0 Å².